The first-order chi connectivity index (χ1) is 6.70. The van der Waals surface area contributed by atoms with E-state index in [4.69, 9.17) is 15.2 Å². The normalized spacial score (nSPS) is 12.5. The molecule has 4 heteroatoms. The molecule has 0 aliphatic heterocycles. The summed E-state index contributed by atoms with van der Waals surface area (Å²) in [5.41, 5.74) is 5.69. The van der Waals surface area contributed by atoms with Crippen molar-refractivity contribution in [1.29, 1.82) is 0 Å². The average molecular weight is 203 g/mol. The summed E-state index contributed by atoms with van der Waals surface area (Å²) in [4.78, 5) is 11.1. The van der Waals surface area contributed by atoms with Gasteiger partial charge in [-0.2, -0.15) is 0 Å². The van der Waals surface area contributed by atoms with Crippen molar-refractivity contribution in [2.75, 3.05) is 20.3 Å². The zero-order valence-electron chi connectivity index (χ0n) is 9.12. The van der Waals surface area contributed by atoms with E-state index in [9.17, 15) is 4.79 Å². The van der Waals surface area contributed by atoms with E-state index < -0.39 is 0 Å². The van der Waals surface area contributed by atoms with Gasteiger partial charge < -0.3 is 15.2 Å². The van der Waals surface area contributed by atoms with Crippen LogP contribution in [0.25, 0.3) is 0 Å². The van der Waals surface area contributed by atoms with Gasteiger partial charge in [0, 0.05) is 26.2 Å². The Hall–Kier alpha value is -0.610. The summed E-state index contributed by atoms with van der Waals surface area (Å²) in [5, 5.41) is 0. The highest BCUT2D eigenvalue weighted by Gasteiger charge is 2.09. The lowest BCUT2D eigenvalue weighted by molar-refractivity contribution is -0.144. The molecule has 0 radical (unpaired) electrons. The molecule has 0 aliphatic carbocycles. The summed E-state index contributed by atoms with van der Waals surface area (Å²) < 4.78 is 9.79. The van der Waals surface area contributed by atoms with Crippen LogP contribution in [0, 0.1) is 0 Å². The third-order valence-electron chi connectivity index (χ3n) is 1.84. The van der Waals surface area contributed by atoms with Crippen LogP contribution in [0.4, 0.5) is 0 Å². The van der Waals surface area contributed by atoms with Gasteiger partial charge in [-0.3, -0.25) is 4.79 Å². The second-order valence-corrected chi connectivity index (χ2v) is 3.32. The van der Waals surface area contributed by atoms with E-state index in [2.05, 4.69) is 0 Å². The van der Waals surface area contributed by atoms with Crippen LogP contribution in [-0.2, 0) is 14.3 Å². The molecule has 0 amide bonds. The Bertz CT molecular complexity index is 150. The third kappa shape index (κ3) is 8.01. The molecule has 0 fully saturated rings. The molecule has 0 bridgehead atoms. The minimum Gasteiger partial charge on any atom is -0.466 e. The van der Waals surface area contributed by atoms with Crippen LogP contribution < -0.4 is 5.73 Å². The summed E-state index contributed by atoms with van der Waals surface area (Å²) in [6, 6.07) is -0.0603. The van der Waals surface area contributed by atoms with Crippen molar-refractivity contribution in [3.8, 4) is 0 Å². The summed E-state index contributed by atoms with van der Waals surface area (Å²) in [6.07, 6.45) is 2.93. The third-order valence-corrected chi connectivity index (χ3v) is 1.84. The molecule has 84 valence electrons. The Morgan fingerprint density at radius 2 is 2.14 bits per heavy atom. The molecular formula is C10H21NO3. The fourth-order valence-electron chi connectivity index (χ4n) is 1.14. The summed E-state index contributed by atoms with van der Waals surface area (Å²) >= 11 is 0. The van der Waals surface area contributed by atoms with Crippen molar-refractivity contribution in [3.63, 3.8) is 0 Å². The molecule has 0 aromatic carbocycles. The van der Waals surface area contributed by atoms with Crippen molar-refractivity contribution in [3.05, 3.63) is 0 Å². The van der Waals surface area contributed by atoms with E-state index in [0.717, 1.165) is 19.3 Å². The summed E-state index contributed by atoms with van der Waals surface area (Å²) in [7, 11) is 1.62. The number of ether oxygens (including phenoxy) is 2. The maximum atomic E-state index is 11.1. The first-order valence-electron chi connectivity index (χ1n) is 5.10. The van der Waals surface area contributed by atoms with E-state index in [0.29, 0.717) is 19.6 Å². The second-order valence-electron chi connectivity index (χ2n) is 3.32. The van der Waals surface area contributed by atoms with Crippen LogP contribution in [0.1, 0.15) is 32.6 Å². The highest BCUT2D eigenvalue weighted by Crippen LogP contribution is 2.00. The van der Waals surface area contributed by atoms with E-state index in [1.165, 1.54) is 0 Å². The molecule has 0 saturated heterocycles. The molecule has 0 saturated carbocycles. The lowest BCUT2D eigenvalue weighted by Crippen LogP contribution is -2.24. The molecule has 0 heterocycles. The van der Waals surface area contributed by atoms with Crippen molar-refractivity contribution >= 4 is 5.97 Å². The molecule has 1 atom stereocenters. The molecule has 0 spiro atoms. The Morgan fingerprint density at radius 3 is 2.71 bits per heavy atom. The summed E-state index contributed by atoms with van der Waals surface area (Å²) in [6.45, 7) is 3.09. The van der Waals surface area contributed by atoms with E-state index in [-0.39, 0.29) is 12.0 Å². The van der Waals surface area contributed by atoms with Crippen molar-refractivity contribution in [1.82, 2.24) is 0 Å². The minimum absolute atomic E-state index is 0.0603. The second kappa shape index (κ2) is 8.97. The van der Waals surface area contributed by atoms with Gasteiger partial charge in [-0.15, -0.1) is 0 Å². The molecule has 14 heavy (non-hydrogen) atoms. The van der Waals surface area contributed by atoms with Gasteiger partial charge in [0.15, 0.2) is 0 Å². The van der Waals surface area contributed by atoms with Gasteiger partial charge in [-0.05, 0) is 6.42 Å². The highest BCUT2D eigenvalue weighted by atomic mass is 16.5. The van der Waals surface area contributed by atoms with Crippen molar-refractivity contribution in [2.45, 2.75) is 38.6 Å². The van der Waals surface area contributed by atoms with E-state index in [1.54, 1.807) is 7.11 Å². The van der Waals surface area contributed by atoms with Crippen LogP contribution in [0.5, 0.6) is 0 Å². The van der Waals surface area contributed by atoms with Crippen LogP contribution in [0.15, 0.2) is 0 Å². The van der Waals surface area contributed by atoms with Crippen LogP contribution in [-0.4, -0.2) is 32.3 Å². The SMILES string of the molecule is CCCC(N)CC(=O)OCCCOC. The van der Waals surface area contributed by atoms with Gasteiger partial charge in [0.1, 0.15) is 0 Å². The van der Waals surface area contributed by atoms with Crippen molar-refractivity contribution in [2.24, 2.45) is 5.73 Å². The lowest BCUT2D eigenvalue weighted by Gasteiger charge is -2.09. The maximum Gasteiger partial charge on any atom is 0.307 e. The molecule has 4 nitrogen and oxygen atoms in total. The minimum atomic E-state index is -0.206. The van der Waals surface area contributed by atoms with Gasteiger partial charge >= 0.3 is 5.97 Å². The Balaban J connectivity index is 3.35. The molecule has 0 rings (SSSR count). The Morgan fingerprint density at radius 1 is 1.43 bits per heavy atom. The van der Waals surface area contributed by atoms with Gasteiger partial charge in [-0.25, -0.2) is 0 Å². The number of hydrogen-bond acceptors (Lipinski definition) is 4. The van der Waals surface area contributed by atoms with Gasteiger partial charge in [0.05, 0.1) is 13.0 Å². The number of methoxy groups -OCH3 is 1. The first kappa shape index (κ1) is 13.4. The zero-order chi connectivity index (χ0) is 10.8. The fraction of sp³-hybridized carbons (Fsp3) is 0.900. The van der Waals surface area contributed by atoms with Crippen molar-refractivity contribution < 1.29 is 14.3 Å². The van der Waals surface area contributed by atoms with Crippen LogP contribution in [0.3, 0.4) is 0 Å². The fourth-order valence-corrected chi connectivity index (χ4v) is 1.14. The maximum absolute atomic E-state index is 11.1. The monoisotopic (exact) mass is 203 g/mol. The van der Waals surface area contributed by atoms with Gasteiger partial charge in [-0.1, -0.05) is 13.3 Å². The number of hydrogen-bond donors (Lipinski definition) is 1. The van der Waals surface area contributed by atoms with E-state index in [1.807, 2.05) is 6.92 Å². The average Bonchev–Trinajstić information content (AvgIpc) is 2.13. The smallest absolute Gasteiger partial charge is 0.307 e. The van der Waals surface area contributed by atoms with Crippen LogP contribution >= 0.6 is 0 Å². The standard InChI is InChI=1S/C10H21NO3/c1-3-5-9(11)8-10(12)14-7-4-6-13-2/h9H,3-8,11H2,1-2H3. The summed E-state index contributed by atoms with van der Waals surface area (Å²) in [5.74, 6) is -0.206. The first-order valence-corrected chi connectivity index (χ1v) is 5.10. The van der Waals surface area contributed by atoms with Crippen LogP contribution in [0.2, 0.25) is 0 Å². The highest BCUT2D eigenvalue weighted by molar-refractivity contribution is 5.70. The van der Waals surface area contributed by atoms with Gasteiger partial charge in [0.25, 0.3) is 0 Å². The number of nitrogens with two attached hydrogens (primary N) is 1. The molecule has 0 aromatic heterocycles. The Labute approximate surface area is 85.8 Å². The number of carbonyl (C=O) groups is 1. The molecule has 2 N–H and O–H groups in total. The predicted molar refractivity (Wildman–Crippen MR) is 55.0 cm³/mol. The lowest BCUT2D eigenvalue weighted by atomic mass is 10.1. The topological polar surface area (TPSA) is 61.6 Å². The molecule has 1 unspecified atom stereocenters. The quantitative estimate of drug-likeness (QED) is 0.473. The number of carbonyl (C=O) groups excluding carboxylic acids is 1. The number of rotatable bonds is 8. The molecule has 0 aliphatic rings. The number of esters is 1. The van der Waals surface area contributed by atoms with E-state index >= 15 is 0 Å². The largest absolute Gasteiger partial charge is 0.466 e. The Kier molecular flexibility index (Phi) is 8.57. The predicted octanol–water partition coefficient (Wildman–Crippen LogP) is 1.08. The molecular weight excluding hydrogens is 182 g/mol. The van der Waals surface area contributed by atoms with Gasteiger partial charge in [0.2, 0.25) is 0 Å². The zero-order valence-corrected chi connectivity index (χ0v) is 9.12. The molecule has 0 aromatic rings.